The van der Waals surface area contributed by atoms with Crippen molar-refractivity contribution in [3.63, 3.8) is 0 Å². The first-order chi connectivity index (χ1) is 9.47. The third-order valence-electron chi connectivity index (χ3n) is 3.57. The molecule has 0 atom stereocenters. The Bertz CT molecular complexity index is 594. The highest BCUT2D eigenvalue weighted by molar-refractivity contribution is 6.31. The van der Waals surface area contributed by atoms with E-state index in [2.05, 4.69) is 11.2 Å². The van der Waals surface area contributed by atoms with E-state index >= 15 is 0 Å². The van der Waals surface area contributed by atoms with Crippen molar-refractivity contribution in [2.75, 3.05) is 0 Å². The molecular formula is C14H16ClN3O2. The fourth-order valence-corrected chi connectivity index (χ4v) is 2.50. The van der Waals surface area contributed by atoms with Crippen molar-refractivity contribution >= 4 is 23.6 Å². The molecule has 0 amide bonds. The molecule has 1 saturated carbocycles. The van der Waals surface area contributed by atoms with Gasteiger partial charge in [-0.25, -0.2) is 4.79 Å². The molecule has 5 nitrogen and oxygen atoms in total. The lowest BCUT2D eigenvalue weighted by Gasteiger charge is -2.38. The van der Waals surface area contributed by atoms with Gasteiger partial charge in [0.05, 0.1) is 18.2 Å². The molecule has 0 radical (unpaired) electrons. The zero-order valence-electron chi connectivity index (χ0n) is 11.5. The predicted molar refractivity (Wildman–Crippen MR) is 74.9 cm³/mol. The highest BCUT2D eigenvalue weighted by atomic mass is 35.5. The monoisotopic (exact) mass is 293 g/mol. The molecule has 0 unspecified atom stereocenters. The zero-order chi connectivity index (χ0) is 14.8. The molecule has 1 heterocycles. The second-order valence-electron chi connectivity index (χ2n) is 5.04. The Morgan fingerprint density at radius 2 is 2.35 bits per heavy atom. The van der Waals surface area contributed by atoms with Gasteiger partial charge in [0.15, 0.2) is 0 Å². The summed E-state index contributed by atoms with van der Waals surface area (Å²) in [6, 6.07) is 2.08. The van der Waals surface area contributed by atoms with Crippen molar-refractivity contribution in [3.8, 4) is 6.07 Å². The van der Waals surface area contributed by atoms with Crippen LogP contribution in [0.1, 0.15) is 36.9 Å². The van der Waals surface area contributed by atoms with Gasteiger partial charge in [-0.15, -0.1) is 0 Å². The van der Waals surface area contributed by atoms with Crippen LogP contribution in [-0.2, 0) is 16.6 Å². The number of aromatic nitrogens is 2. The maximum atomic E-state index is 11.8. The van der Waals surface area contributed by atoms with Crippen LogP contribution in [0, 0.1) is 18.3 Å². The van der Waals surface area contributed by atoms with Gasteiger partial charge in [-0.3, -0.25) is 4.68 Å². The molecule has 0 N–H and O–H groups in total. The van der Waals surface area contributed by atoms with E-state index < -0.39 is 11.6 Å². The summed E-state index contributed by atoms with van der Waals surface area (Å²) in [5.74, 6) is -0.445. The van der Waals surface area contributed by atoms with Crippen LogP contribution in [0.15, 0.2) is 6.08 Å². The highest BCUT2D eigenvalue weighted by Gasteiger charge is 2.40. The maximum absolute atomic E-state index is 11.8. The normalized spacial score (nSPS) is 16.7. The lowest BCUT2D eigenvalue weighted by atomic mass is 9.78. The minimum Gasteiger partial charge on any atom is -0.455 e. The number of nitriles is 1. The second-order valence-corrected chi connectivity index (χ2v) is 5.40. The van der Waals surface area contributed by atoms with Crippen LogP contribution in [0.3, 0.4) is 0 Å². The van der Waals surface area contributed by atoms with E-state index in [0.717, 1.165) is 25.0 Å². The summed E-state index contributed by atoms with van der Waals surface area (Å²) >= 11 is 6.07. The largest absolute Gasteiger partial charge is 0.455 e. The van der Waals surface area contributed by atoms with E-state index in [9.17, 15) is 4.79 Å². The van der Waals surface area contributed by atoms with Crippen LogP contribution in [0.2, 0.25) is 5.15 Å². The number of rotatable bonds is 4. The smallest absolute Gasteiger partial charge is 0.331 e. The van der Waals surface area contributed by atoms with E-state index in [1.54, 1.807) is 17.8 Å². The van der Waals surface area contributed by atoms with Crippen molar-refractivity contribution in [1.82, 2.24) is 9.78 Å². The van der Waals surface area contributed by atoms with Gasteiger partial charge in [0, 0.05) is 18.7 Å². The van der Waals surface area contributed by atoms with E-state index in [4.69, 9.17) is 21.6 Å². The molecule has 106 valence electrons. The minimum atomic E-state index is -0.579. The number of carbonyl (C=O) groups excluding carboxylic acids is 1. The fraction of sp³-hybridized carbons (Fsp3) is 0.500. The summed E-state index contributed by atoms with van der Waals surface area (Å²) in [5, 5.41) is 13.4. The van der Waals surface area contributed by atoms with Crippen LogP contribution in [0.25, 0.3) is 6.08 Å². The molecule has 1 fully saturated rings. The third kappa shape index (κ3) is 2.86. The Kier molecular flexibility index (Phi) is 4.15. The lowest BCUT2D eigenvalue weighted by Crippen LogP contribution is -2.41. The fourth-order valence-electron chi connectivity index (χ4n) is 2.26. The first-order valence-electron chi connectivity index (χ1n) is 6.44. The average molecular weight is 294 g/mol. The Morgan fingerprint density at radius 1 is 1.65 bits per heavy atom. The van der Waals surface area contributed by atoms with E-state index in [1.807, 2.05) is 6.92 Å². The molecular weight excluding hydrogens is 278 g/mol. The standard InChI is InChI=1S/C14H16ClN3O2/c1-10-11(13(15)18(2)17-10)4-5-12(19)20-14(8-9-16)6-3-7-14/h4-5H,3,6-8H2,1-2H3/b5-4+. The van der Waals surface area contributed by atoms with E-state index in [-0.39, 0.29) is 6.42 Å². The van der Waals surface area contributed by atoms with Crippen LogP contribution in [0.5, 0.6) is 0 Å². The molecule has 0 spiro atoms. The van der Waals surface area contributed by atoms with Crippen LogP contribution in [0.4, 0.5) is 0 Å². The number of hydrogen-bond acceptors (Lipinski definition) is 4. The van der Waals surface area contributed by atoms with Crippen molar-refractivity contribution in [2.45, 2.75) is 38.2 Å². The molecule has 1 aliphatic rings. The van der Waals surface area contributed by atoms with Crippen molar-refractivity contribution in [1.29, 1.82) is 5.26 Å². The number of esters is 1. The molecule has 0 aromatic carbocycles. The van der Waals surface area contributed by atoms with Gasteiger partial charge < -0.3 is 4.74 Å². The molecule has 0 bridgehead atoms. The quantitative estimate of drug-likeness (QED) is 0.632. The van der Waals surface area contributed by atoms with Crippen LogP contribution in [-0.4, -0.2) is 21.4 Å². The van der Waals surface area contributed by atoms with Crippen molar-refractivity contribution in [3.05, 3.63) is 22.5 Å². The van der Waals surface area contributed by atoms with Gasteiger partial charge in [-0.05, 0) is 32.3 Å². The van der Waals surface area contributed by atoms with Gasteiger partial charge in [0.1, 0.15) is 10.8 Å². The van der Waals surface area contributed by atoms with E-state index in [1.165, 1.54) is 6.08 Å². The molecule has 2 rings (SSSR count). The van der Waals surface area contributed by atoms with Gasteiger partial charge >= 0.3 is 5.97 Å². The summed E-state index contributed by atoms with van der Waals surface area (Å²) < 4.78 is 6.95. The SMILES string of the molecule is Cc1nn(C)c(Cl)c1/C=C/C(=O)OC1(CC#N)CCC1. The Labute approximate surface area is 122 Å². The van der Waals surface area contributed by atoms with E-state index in [0.29, 0.717) is 10.7 Å². The summed E-state index contributed by atoms with van der Waals surface area (Å²) in [6.07, 6.45) is 5.70. The topological polar surface area (TPSA) is 67.9 Å². The lowest BCUT2D eigenvalue weighted by molar-refractivity contribution is -0.162. The third-order valence-corrected chi connectivity index (χ3v) is 4.01. The number of hydrogen-bond donors (Lipinski definition) is 0. The van der Waals surface area contributed by atoms with Gasteiger partial charge in [0.25, 0.3) is 0 Å². The number of halogens is 1. The molecule has 0 saturated heterocycles. The number of carbonyl (C=O) groups is 1. The maximum Gasteiger partial charge on any atom is 0.331 e. The number of nitrogens with zero attached hydrogens (tertiary/aromatic N) is 3. The molecule has 1 aromatic rings. The van der Waals surface area contributed by atoms with Crippen LogP contribution >= 0.6 is 11.6 Å². The van der Waals surface area contributed by atoms with Gasteiger partial charge in [0.2, 0.25) is 0 Å². The van der Waals surface area contributed by atoms with Crippen LogP contribution < -0.4 is 0 Å². The Balaban J connectivity index is 2.04. The summed E-state index contributed by atoms with van der Waals surface area (Å²) in [5.41, 5.74) is 0.871. The molecule has 1 aliphatic carbocycles. The van der Waals surface area contributed by atoms with Gasteiger partial charge in [-0.2, -0.15) is 10.4 Å². The summed E-state index contributed by atoms with van der Waals surface area (Å²) in [6.45, 7) is 1.82. The summed E-state index contributed by atoms with van der Waals surface area (Å²) in [4.78, 5) is 11.8. The molecule has 0 aliphatic heterocycles. The van der Waals surface area contributed by atoms with Gasteiger partial charge in [-0.1, -0.05) is 11.6 Å². The first-order valence-corrected chi connectivity index (χ1v) is 6.82. The molecule has 6 heteroatoms. The van der Waals surface area contributed by atoms with Crippen molar-refractivity contribution in [2.24, 2.45) is 7.05 Å². The van der Waals surface area contributed by atoms with Crippen molar-refractivity contribution < 1.29 is 9.53 Å². The Morgan fingerprint density at radius 3 is 2.80 bits per heavy atom. The average Bonchev–Trinajstić information content (AvgIpc) is 2.59. The predicted octanol–water partition coefficient (Wildman–Crippen LogP) is 2.77. The molecule has 1 aromatic heterocycles. The highest BCUT2D eigenvalue weighted by Crippen LogP contribution is 2.38. The number of ether oxygens (including phenoxy) is 1. The number of aryl methyl sites for hydroxylation is 2. The summed E-state index contributed by atoms with van der Waals surface area (Å²) in [7, 11) is 1.74. The minimum absolute atomic E-state index is 0.249. The molecule has 20 heavy (non-hydrogen) atoms. The Hall–Kier alpha value is -1.80. The zero-order valence-corrected chi connectivity index (χ0v) is 12.3. The second kappa shape index (κ2) is 5.68. The first kappa shape index (κ1) is 14.6.